The highest BCUT2D eigenvalue weighted by molar-refractivity contribution is 6.01. The van der Waals surface area contributed by atoms with E-state index in [2.05, 4.69) is 9.98 Å². The van der Waals surface area contributed by atoms with Gasteiger partial charge in [0.2, 0.25) is 5.88 Å². The smallest absolute Gasteiger partial charge is 0.267 e. The van der Waals surface area contributed by atoms with Gasteiger partial charge >= 0.3 is 0 Å². The fourth-order valence-electron chi connectivity index (χ4n) is 4.71. The van der Waals surface area contributed by atoms with Crippen LogP contribution < -0.4 is 5.56 Å². The van der Waals surface area contributed by atoms with Crippen molar-refractivity contribution in [3.8, 4) is 11.7 Å². The third-order valence-corrected chi connectivity index (χ3v) is 6.38. The van der Waals surface area contributed by atoms with E-state index in [0.29, 0.717) is 47.4 Å². The summed E-state index contributed by atoms with van der Waals surface area (Å²) in [4.78, 5) is 36.6. The Bertz CT molecular complexity index is 1500. The second-order valence-corrected chi connectivity index (χ2v) is 9.25. The normalized spacial score (nSPS) is 17.9. The molecule has 8 nitrogen and oxygen atoms in total. The maximum Gasteiger partial charge on any atom is 0.267 e. The molecular formula is C29H28N4O4. The number of pyridine rings is 2. The Labute approximate surface area is 214 Å². The molecule has 0 saturated carbocycles. The van der Waals surface area contributed by atoms with Gasteiger partial charge in [-0.05, 0) is 49.7 Å². The highest BCUT2D eigenvalue weighted by Crippen LogP contribution is 2.25. The zero-order chi connectivity index (χ0) is 25.9. The van der Waals surface area contributed by atoms with Gasteiger partial charge < -0.3 is 14.7 Å². The lowest BCUT2D eigenvalue weighted by Crippen LogP contribution is -2.48. The maximum absolute atomic E-state index is 13.1. The first-order valence-electron chi connectivity index (χ1n) is 12.2. The zero-order valence-electron chi connectivity index (χ0n) is 20.7. The first-order chi connectivity index (χ1) is 17.9. The minimum atomic E-state index is -0.353. The summed E-state index contributed by atoms with van der Waals surface area (Å²) in [5, 5.41) is 12.1. The molecule has 0 bridgehead atoms. The van der Waals surface area contributed by atoms with E-state index >= 15 is 0 Å². The predicted octanol–water partition coefficient (Wildman–Crippen LogP) is 3.96. The van der Waals surface area contributed by atoms with E-state index in [9.17, 15) is 14.7 Å². The van der Waals surface area contributed by atoms with Crippen molar-refractivity contribution in [2.45, 2.75) is 32.6 Å². The summed E-state index contributed by atoms with van der Waals surface area (Å²) in [6.07, 6.45) is 3.17. The molecule has 1 N–H and O–H groups in total. The van der Waals surface area contributed by atoms with E-state index in [4.69, 9.17) is 4.74 Å². The van der Waals surface area contributed by atoms with Crippen molar-refractivity contribution in [3.05, 3.63) is 100.0 Å². The Morgan fingerprint density at radius 1 is 1.03 bits per heavy atom. The monoisotopic (exact) mass is 496 g/mol. The van der Waals surface area contributed by atoms with Crippen molar-refractivity contribution in [2.75, 3.05) is 13.1 Å². The molecule has 0 aliphatic carbocycles. The van der Waals surface area contributed by atoms with Crippen molar-refractivity contribution in [2.24, 2.45) is 4.99 Å². The number of aliphatic imine (C=N–C) groups is 1. The van der Waals surface area contributed by atoms with Crippen LogP contribution in [0.25, 0.3) is 16.6 Å². The lowest BCUT2D eigenvalue weighted by Gasteiger charge is -2.35. The summed E-state index contributed by atoms with van der Waals surface area (Å²) >= 11 is 0. The number of aromatic nitrogens is 2. The van der Waals surface area contributed by atoms with Gasteiger partial charge in [-0.25, -0.2) is 9.55 Å². The predicted molar refractivity (Wildman–Crippen MR) is 143 cm³/mol. The highest BCUT2D eigenvalue weighted by Gasteiger charge is 2.26. The van der Waals surface area contributed by atoms with Gasteiger partial charge in [0, 0.05) is 41.8 Å². The summed E-state index contributed by atoms with van der Waals surface area (Å²) < 4.78 is 6.92. The molecule has 0 radical (unpaired) electrons. The van der Waals surface area contributed by atoms with E-state index in [1.807, 2.05) is 49.1 Å². The Balaban J connectivity index is 1.39. The molecule has 2 aromatic heterocycles. The average Bonchev–Trinajstić information content (AvgIpc) is 2.91. The number of fused-ring (bicyclic) bond motifs is 1. The minimum absolute atomic E-state index is 0.00905. The number of benzene rings is 2. The molecule has 1 fully saturated rings. The SMILES string of the molecule is CC1CN(C(=O)c2ccc(CN=Cc3c(O)n(-c4ccccn4)c(=O)c4ccccc34)cc2)CC(C)O1. The van der Waals surface area contributed by atoms with Crippen LogP contribution in [0.4, 0.5) is 0 Å². The van der Waals surface area contributed by atoms with E-state index in [-0.39, 0.29) is 29.6 Å². The number of nitrogens with zero attached hydrogens (tertiary/aromatic N) is 4. The van der Waals surface area contributed by atoms with Crippen LogP contribution in [0.1, 0.15) is 35.3 Å². The number of ether oxygens (including phenoxy) is 1. The van der Waals surface area contributed by atoms with Gasteiger partial charge in [-0.3, -0.25) is 14.6 Å². The zero-order valence-corrected chi connectivity index (χ0v) is 20.7. The van der Waals surface area contributed by atoms with Gasteiger partial charge in [0.05, 0.1) is 24.3 Å². The van der Waals surface area contributed by atoms with Gasteiger partial charge in [-0.15, -0.1) is 0 Å². The third kappa shape index (κ3) is 5.01. The summed E-state index contributed by atoms with van der Waals surface area (Å²) in [7, 11) is 0. The quantitative estimate of drug-likeness (QED) is 0.422. The number of amides is 1. The standard InChI is InChI=1S/C29H28N4O4/c1-19-17-32(18-20(2)37-19)27(34)22-12-10-21(11-13-22)15-30-16-25-23-7-3-4-8-24(23)28(35)33(29(25)36)26-9-5-6-14-31-26/h3-14,16,19-20,36H,15,17-18H2,1-2H3. The van der Waals surface area contributed by atoms with Gasteiger partial charge in [0.25, 0.3) is 11.5 Å². The van der Waals surface area contributed by atoms with Crippen LogP contribution in [-0.2, 0) is 11.3 Å². The van der Waals surface area contributed by atoms with Crippen LogP contribution in [0.2, 0.25) is 0 Å². The Morgan fingerprint density at radius 3 is 2.38 bits per heavy atom. The van der Waals surface area contributed by atoms with Crippen LogP contribution in [0.5, 0.6) is 5.88 Å². The van der Waals surface area contributed by atoms with Crippen LogP contribution in [0, 0.1) is 0 Å². The first kappa shape index (κ1) is 24.4. The second kappa shape index (κ2) is 10.4. The summed E-state index contributed by atoms with van der Waals surface area (Å²) in [6.45, 7) is 5.44. The van der Waals surface area contributed by atoms with Crippen molar-refractivity contribution in [3.63, 3.8) is 0 Å². The van der Waals surface area contributed by atoms with Gasteiger partial charge in [0.15, 0.2) is 0 Å². The number of hydrogen-bond acceptors (Lipinski definition) is 6. The van der Waals surface area contributed by atoms with Gasteiger partial charge in [-0.1, -0.05) is 36.4 Å². The molecule has 2 unspecified atom stereocenters. The Morgan fingerprint density at radius 2 is 1.70 bits per heavy atom. The third-order valence-electron chi connectivity index (χ3n) is 6.38. The molecule has 37 heavy (non-hydrogen) atoms. The largest absolute Gasteiger partial charge is 0.494 e. The molecule has 5 rings (SSSR count). The molecule has 1 amide bonds. The van der Waals surface area contributed by atoms with Gasteiger partial charge in [-0.2, -0.15) is 0 Å². The summed E-state index contributed by atoms with van der Waals surface area (Å²) in [6, 6.07) is 19.7. The molecule has 2 aromatic carbocycles. The summed E-state index contributed by atoms with van der Waals surface area (Å²) in [5.41, 5.74) is 1.62. The molecule has 2 atom stereocenters. The second-order valence-electron chi connectivity index (χ2n) is 9.25. The number of morpholine rings is 1. The van der Waals surface area contributed by atoms with Crippen LogP contribution in [-0.4, -0.2) is 57.0 Å². The fraction of sp³-hybridized carbons (Fsp3) is 0.241. The van der Waals surface area contributed by atoms with Crippen LogP contribution >= 0.6 is 0 Å². The van der Waals surface area contributed by atoms with E-state index < -0.39 is 0 Å². The van der Waals surface area contributed by atoms with Crippen LogP contribution in [0.3, 0.4) is 0 Å². The molecule has 0 spiro atoms. The molecule has 8 heteroatoms. The topological polar surface area (TPSA) is 97.0 Å². The lowest BCUT2D eigenvalue weighted by molar-refractivity contribution is -0.0586. The number of carbonyl (C=O) groups is 1. The molecule has 4 aromatic rings. The van der Waals surface area contributed by atoms with Crippen LogP contribution in [0.15, 0.2) is 82.7 Å². The van der Waals surface area contributed by atoms with Crippen molar-refractivity contribution < 1.29 is 14.6 Å². The number of aromatic hydroxyl groups is 1. The average molecular weight is 497 g/mol. The highest BCUT2D eigenvalue weighted by atomic mass is 16.5. The van der Waals surface area contributed by atoms with E-state index in [1.165, 1.54) is 4.57 Å². The minimum Gasteiger partial charge on any atom is -0.494 e. The van der Waals surface area contributed by atoms with Crippen molar-refractivity contribution in [1.82, 2.24) is 14.5 Å². The maximum atomic E-state index is 13.1. The van der Waals surface area contributed by atoms with Gasteiger partial charge in [0.1, 0.15) is 5.82 Å². The Hall–Kier alpha value is -4.30. The molecule has 1 saturated heterocycles. The van der Waals surface area contributed by atoms with E-state index in [0.717, 1.165) is 5.56 Å². The van der Waals surface area contributed by atoms with Crippen molar-refractivity contribution in [1.29, 1.82) is 0 Å². The number of rotatable bonds is 5. The molecule has 1 aliphatic rings. The number of carbonyl (C=O) groups excluding carboxylic acids is 1. The molecule has 1 aliphatic heterocycles. The lowest BCUT2D eigenvalue weighted by atomic mass is 10.1. The molecule has 188 valence electrons. The number of hydrogen-bond donors (Lipinski definition) is 1. The Kier molecular flexibility index (Phi) is 6.83. The molecule has 3 heterocycles. The fourth-order valence-corrected chi connectivity index (χ4v) is 4.71. The first-order valence-corrected chi connectivity index (χ1v) is 12.2. The van der Waals surface area contributed by atoms with Crippen molar-refractivity contribution >= 4 is 22.9 Å². The summed E-state index contributed by atoms with van der Waals surface area (Å²) in [5.74, 6) is 0.0981. The molecular weight excluding hydrogens is 468 g/mol. The van der Waals surface area contributed by atoms with E-state index in [1.54, 1.807) is 48.8 Å².